The molecule has 0 saturated carbocycles. The van der Waals surface area contributed by atoms with Crippen LogP contribution in [0.5, 0.6) is 0 Å². The number of amides is 1. The van der Waals surface area contributed by atoms with Gasteiger partial charge in [-0.3, -0.25) is 9.52 Å². The number of benzene rings is 2. The van der Waals surface area contributed by atoms with E-state index in [1.165, 1.54) is 24.3 Å². The molecule has 0 aromatic heterocycles. The Morgan fingerprint density at radius 2 is 1.65 bits per heavy atom. The molecule has 122 valence electrons. The molecule has 0 bridgehead atoms. The first-order chi connectivity index (χ1) is 10.8. The minimum Gasteiger partial charge on any atom is -0.352 e. The van der Waals surface area contributed by atoms with Gasteiger partial charge in [0.15, 0.2) is 0 Å². The number of anilines is 1. The zero-order valence-electron chi connectivity index (χ0n) is 12.5. The third-order valence-electron chi connectivity index (χ3n) is 3.06. The van der Waals surface area contributed by atoms with E-state index >= 15 is 0 Å². The van der Waals surface area contributed by atoms with Crippen molar-refractivity contribution in [1.29, 1.82) is 0 Å². The molecule has 0 saturated heterocycles. The molecule has 23 heavy (non-hydrogen) atoms. The van der Waals surface area contributed by atoms with Gasteiger partial charge in [-0.2, -0.15) is 0 Å². The molecule has 0 unspecified atom stereocenters. The Bertz CT molecular complexity index is 772. The van der Waals surface area contributed by atoms with Crippen LogP contribution in [0.1, 0.15) is 15.9 Å². The minimum absolute atomic E-state index is 0.252. The average molecular weight is 336 g/mol. The predicted octanol–water partition coefficient (Wildman–Crippen LogP) is 2.17. The van der Waals surface area contributed by atoms with Gasteiger partial charge in [-0.1, -0.05) is 12.1 Å². The topological polar surface area (TPSA) is 75.3 Å². The molecule has 2 aromatic rings. The number of hydrogen-bond acceptors (Lipinski definition) is 3. The largest absolute Gasteiger partial charge is 0.352 e. The van der Waals surface area contributed by atoms with Crippen LogP contribution in [0.25, 0.3) is 0 Å². The third kappa shape index (κ3) is 5.71. The Hall–Kier alpha value is -2.41. The summed E-state index contributed by atoms with van der Waals surface area (Å²) in [6.07, 6.45) is 1.66. The van der Waals surface area contributed by atoms with Gasteiger partial charge in [0.1, 0.15) is 5.82 Å². The molecule has 0 atom stereocenters. The van der Waals surface area contributed by atoms with E-state index in [0.717, 1.165) is 11.8 Å². The highest BCUT2D eigenvalue weighted by Crippen LogP contribution is 2.11. The minimum atomic E-state index is -3.34. The summed E-state index contributed by atoms with van der Waals surface area (Å²) >= 11 is 0. The number of carbonyl (C=O) groups excluding carboxylic acids is 1. The molecule has 2 N–H and O–H groups in total. The Labute approximate surface area is 134 Å². The lowest BCUT2D eigenvalue weighted by Crippen LogP contribution is -2.25. The Kier molecular flexibility index (Phi) is 5.33. The van der Waals surface area contributed by atoms with E-state index < -0.39 is 10.0 Å². The van der Waals surface area contributed by atoms with Gasteiger partial charge in [0.25, 0.3) is 5.91 Å². The highest BCUT2D eigenvalue weighted by atomic mass is 32.2. The number of nitrogens with one attached hydrogen (secondary N) is 2. The van der Waals surface area contributed by atoms with Crippen molar-refractivity contribution in [2.24, 2.45) is 0 Å². The van der Waals surface area contributed by atoms with Gasteiger partial charge in [0.05, 0.1) is 6.26 Å². The maximum atomic E-state index is 12.8. The lowest BCUT2D eigenvalue weighted by atomic mass is 10.1. The van der Waals surface area contributed by atoms with E-state index in [-0.39, 0.29) is 11.7 Å². The van der Waals surface area contributed by atoms with Crippen LogP contribution in [-0.2, 0) is 16.4 Å². The Morgan fingerprint density at radius 1 is 1.04 bits per heavy atom. The molecule has 0 aliphatic carbocycles. The van der Waals surface area contributed by atoms with E-state index in [4.69, 9.17) is 0 Å². The summed E-state index contributed by atoms with van der Waals surface area (Å²) in [7, 11) is -3.34. The molecule has 5 nitrogen and oxygen atoms in total. The Balaban J connectivity index is 1.87. The first-order valence-corrected chi connectivity index (χ1v) is 8.83. The molecule has 1 amide bonds. The number of hydrogen-bond donors (Lipinski definition) is 2. The number of carbonyl (C=O) groups is 1. The van der Waals surface area contributed by atoms with Gasteiger partial charge in [-0.05, 0) is 48.4 Å². The molecule has 0 aliphatic rings. The molecule has 2 aromatic carbocycles. The van der Waals surface area contributed by atoms with Crippen molar-refractivity contribution in [2.75, 3.05) is 17.5 Å². The summed E-state index contributed by atoms with van der Waals surface area (Å²) in [4.78, 5) is 12.0. The number of sulfonamides is 1. The van der Waals surface area contributed by atoms with Gasteiger partial charge < -0.3 is 5.32 Å². The average Bonchev–Trinajstić information content (AvgIpc) is 2.48. The summed E-state index contributed by atoms with van der Waals surface area (Å²) < 4.78 is 37.3. The molecular weight excluding hydrogens is 319 g/mol. The second-order valence-corrected chi connectivity index (χ2v) is 6.83. The molecule has 0 radical (unpaired) electrons. The zero-order chi connectivity index (χ0) is 16.9. The quantitative estimate of drug-likeness (QED) is 0.849. The van der Waals surface area contributed by atoms with Crippen molar-refractivity contribution in [1.82, 2.24) is 5.32 Å². The SMILES string of the molecule is CS(=O)(=O)Nc1ccc(C(=O)NCCc2ccc(F)cc2)cc1. The van der Waals surface area contributed by atoms with Gasteiger partial charge in [0, 0.05) is 17.8 Å². The second-order valence-electron chi connectivity index (χ2n) is 5.08. The van der Waals surface area contributed by atoms with Crippen LogP contribution in [0.2, 0.25) is 0 Å². The molecule has 0 spiro atoms. The van der Waals surface area contributed by atoms with E-state index in [1.807, 2.05) is 0 Å². The van der Waals surface area contributed by atoms with Crippen LogP contribution in [-0.4, -0.2) is 27.1 Å². The van der Waals surface area contributed by atoms with Crippen molar-refractivity contribution >= 4 is 21.6 Å². The predicted molar refractivity (Wildman–Crippen MR) is 87.3 cm³/mol. The van der Waals surface area contributed by atoms with Crippen molar-refractivity contribution < 1.29 is 17.6 Å². The van der Waals surface area contributed by atoms with E-state index in [2.05, 4.69) is 10.0 Å². The second kappa shape index (κ2) is 7.23. The fraction of sp³-hybridized carbons (Fsp3) is 0.188. The fourth-order valence-electron chi connectivity index (χ4n) is 1.98. The lowest BCUT2D eigenvalue weighted by molar-refractivity contribution is 0.0954. The molecule has 7 heteroatoms. The monoisotopic (exact) mass is 336 g/mol. The van der Waals surface area contributed by atoms with Crippen LogP contribution in [0.15, 0.2) is 48.5 Å². The fourth-order valence-corrected chi connectivity index (χ4v) is 2.54. The number of halogens is 1. The van der Waals surface area contributed by atoms with Crippen molar-refractivity contribution in [3.63, 3.8) is 0 Å². The lowest BCUT2D eigenvalue weighted by Gasteiger charge is -2.07. The zero-order valence-corrected chi connectivity index (χ0v) is 13.4. The van der Waals surface area contributed by atoms with E-state index in [1.54, 1.807) is 24.3 Å². The number of rotatable bonds is 6. The van der Waals surface area contributed by atoms with Crippen LogP contribution in [0, 0.1) is 5.82 Å². The molecule has 0 aliphatic heterocycles. The van der Waals surface area contributed by atoms with Crippen molar-refractivity contribution in [2.45, 2.75) is 6.42 Å². The van der Waals surface area contributed by atoms with Gasteiger partial charge in [-0.15, -0.1) is 0 Å². The van der Waals surface area contributed by atoms with Crippen LogP contribution >= 0.6 is 0 Å². The summed E-state index contributed by atoms with van der Waals surface area (Å²) in [6, 6.07) is 12.2. The van der Waals surface area contributed by atoms with Gasteiger partial charge >= 0.3 is 0 Å². The summed E-state index contributed by atoms with van der Waals surface area (Å²) in [5.74, 6) is -0.543. The van der Waals surface area contributed by atoms with E-state index in [9.17, 15) is 17.6 Å². The molecule has 0 heterocycles. The van der Waals surface area contributed by atoms with Crippen LogP contribution in [0.3, 0.4) is 0 Å². The van der Waals surface area contributed by atoms with Crippen molar-refractivity contribution in [3.8, 4) is 0 Å². The first kappa shape index (κ1) is 17.0. The Morgan fingerprint density at radius 3 is 2.22 bits per heavy atom. The normalized spacial score (nSPS) is 11.0. The smallest absolute Gasteiger partial charge is 0.251 e. The highest BCUT2D eigenvalue weighted by molar-refractivity contribution is 7.92. The molecule has 0 fully saturated rings. The summed E-state index contributed by atoms with van der Waals surface area (Å²) in [6.45, 7) is 0.424. The highest BCUT2D eigenvalue weighted by Gasteiger charge is 2.06. The van der Waals surface area contributed by atoms with Crippen LogP contribution < -0.4 is 10.0 Å². The summed E-state index contributed by atoms with van der Waals surface area (Å²) in [5.41, 5.74) is 1.76. The van der Waals surface area contributed by atoms with E-state index in [0.29, 0.717) is 24.2 Å². The first-order valence-electron chi connectivity index (χ1n) is 6.94. The molecular formula is C16H17FN2O3S. The third-order valence-corrected chi connectivity index (χ3v) is 3.67. The maximum Gasteiger partial charge on any atom is 0.251 e. The van der Waals surface area contributed by atoms with Crippen molar-refractivity contribution in [3.05, 3.63) is 65.5 Å². The van der Waals surface area contributed by atoms with Crippen LogP contribution in [0.4, 0.5) is 10.1 Å². The van der Waals surface area contributed by atoms with Gasteiger partial charge in [-0.25, -0.2) is 12.8 Å². The molecule has 2 rings (SSSR count). The summed E-state index contributed by atoms with van der Waals surface area (Å²) in [5, 5.41) is 2.76. The van der Waals surface area contributed by atoms with Gasteiger partial charge in [0.2, 0.25) is 10.0 Å². The standard InChI is InChI=1S/C16H17FN2O3S/c1-23(21,22)19-15-8-4-13(5-9-15)16(20)18-11-10-12-2-6-14(17)7-3-12/h2-9,19H,10-11H2,1H3,(H,18,20). The maximum absolute atomic E-state index is 12.8.